The number of para-hydroxylation sites is 1. The number of ether oxygens (including phenoxy) is 2. The van der Waals surface area contributed by atoms with Crippen LogP contribution in [0.15, 0.2) is 36.4 Å². The Hall–Kier alpha value is -3.26. The first-order valence-electron chi connectivity index (χ1n) is 9.86. The Morgan fingerprint density at radius 2 is 1.87 bits per heavy atom. The molecule has 0 saturated carbocycles. The SMILES string of the molecule is CCN1C(=O)c2ccccc2N2C(=O)CCC12C(=O)Nc1cc(Cl)c(OC)cc1OC. The van der Waals surface area contributed by atoms with Crippen LogP contribution >= 0.6 is 11.6 Å². The van der Waals surface area contributed by atoms with Gasteiger partial charge in [-0.15, -0.1) is 0 Å². The molecule has 162 valence electrons. The highest BCUT2D eigenvalue weighted by Gasteiger charge is 2.60. The van der Waals surface area contributed by atoms with E-state index >= 15 is 0 Å². The minimum atomic E-state index is -1.48. The highest BCUT2D eigenvalue weighted by atomic mass is 35.5. The van der Waals surface area contributed by atoms with Gasteiger partial charge in [0.15, 0.2) is 0 Å². The molecular weight excluding hydrogens is 422 g/mol. The van der Waals surface area contributed by atoms with Gasteiger partial charge in [0.1, 0.15) is 11.5 Å². The average molecular weight is 444 g/mol. The van der Waals surface area contributed by atoms with Crippen molar-refractivity contribution in [1.82, 2.24) is 4.90 Å². The number of nitrogens with zero attached hydrogens (tertiary/aromatic N) is 2. The van der Waals surface area contributed by atoms with E-state index < -0.39 is 11.6 Å². The van der Waals surface area contributed by atoms with Crippen LogP contribution in [0.2, 0.25) is 5.02 Å². The maximum absolute atomic E-state index is 13.7. The summed E-state index contributed by atoms with van der Waals surface area (Å²) in [5.74, 6) is -0.286. The van der Waals surface area contributed by atoms with Crippen LogP contribution in [0.1, 0.15) is 30.1 Å². The molecule has 0 bridgehead atoms. The Morgan fingerprint density at radius 1 is 1.16 bits per heavy atom. The second kappa shape index (κ2) is 7.77. The third-order valence-corrected chi connectivity index (χ3v) is 6.07. The number of benzene rings is 2. The van der Waals surface area contributed by atoms with Crippen molar-refractivity contribution in [3.63, 3.8) is 0 Å². The van der Waals surface area contributed by atoms with Crippen molar-refractivity contribution in [3.05, 3.63) is 47.0 Å². The quantitative estimate of drug-likeness (QED) is 0.766. The van der Waals surface area contributed by atoms with Crippen LogP contribution < -0.4 is 19.7 Å². The van der Waals surface area contributed by atoms with Crippen molar-refractivity contribution < 1.29 is 23.9 Å². The van der Waals surface area contributed by atoms with Gasteiger partial charge in [-0.25, -0.2) is 0 Å². The Balaban J connectivity index is 1.82. The van der Waals surface area contributed by atoms with Gasteiger partial charge in [0.05, 0.1) is 36.2 Å². The smallest absolute Gasteiger partial charge is 0.271 e. The number of hydrogen-bond donors (Lipinski definition) is 1. The molecule has 2 aliphatic rings. The Kier molecular flexibility index (Phi) is 5.26. The Labute approximate surface area is 184 Å². The molecule has 0 aromatic heterocycles. The van der Waals surface area contributed by atoms with Gasteiger partial charge in [0, 0.05) is 25.5 Å². The van der Waals surface area contributed by atoms with E-state index in [1.54, 1.807) is 37.3 Å². The number of amides is 3. The predicted octanol–water partition coefficient (Wildman–Crippen LogP) is 3.29. The van der Waals surface area contributed by atoms with E-state index in [0.29, 0.717) is 28.4 Å². The van der Waals surface area contributed by atoms with Crippen molar-refractivity contribution >= 4 is 40.7 Å². The molecule has 1 unspecified atom stereocenters. The van der Waals surface area contributed by atoms with E-state index in [-0.39, 0.29) is 36.2 Å². The van der Waals surface area contributed by atoms with Crippen molar-refractivity contribution in [2.24, 2.45) is 0 Å². The summed E-state index contributed by atoms with van der Waals surface area (Å²) in [5.41, 5.74) is -0.327. The monoisotopic (exact) mass is 443 g/mol. The van der Waals surface area contributed by atoms with Crippen LogP contribution in [0, 0.1) is 0 Å². The summed E-state index contributed by atoms with van der Waals surface area (Å²) < 4.78 is 10.6. The maximum Gasteiger partial charge on any atom is 0.271 e. The predicted molar refractivity (Wildman–Crippen MR) is 116 cm³/mol. The summed E-state index contributed by atoms with van der Waals surface area (Å²) in [6.07, 6.45) is 0.323. The van der Waals surface area contributed by atoms with Crippen molar-refractivity contribution in [1.29, 1.82) is 0 Å². The van der Waals surface area contributed by atoms with Gasteiger partial charge in [-0.2, -0.15) is 0 Å². The molecule has 9 heteroatoms. The lowest BCUT2D eigenvalue weighted by molar-refractivity contribution is -0.128. The van der Waals surface area contributed by atoms with Crippen LogP contribution in [0.4, 0.5) is 11.4 Å². The second-order valence-corrected chi connectivity index (χ2v) is 7.66. The number of hydrogen-bond acceptors (Lipinski definition) is 5. The number of anilines is 2. The lowest BCUT2D eigenvalue weighted by Crippen LogP contribution is -2.69. The minimum absolute atomic E-state index is 0.145. The molecule has 4 rings (SSSR count). The lowest BCUT2D eigenvalue weighted by Gasteiger charge is -2.48. The fourth-order valence-electron chi connectivity index (χ4n) is 4.39. The van der Waals surface area contributed by atoms with Gasteiger partial charge in [0.25, 0.3) is 11.8 Å². The molecule has 31 heavy (non-hydrogen) atoms. The zero-order valence-corrected chi connectivity index (χ0v) is 18.2. The van der Waals surface area contributed by atoms with Gasteiger partial charge in [-0.1, -0.05) is 23.7 Å². The number of halogens is 1. The van der Waals surface area contributed by atoms with E-state index in [1.165, 1.54) is 30.1 Å². The molecule has 2 aliphatic heterocycles. The van der Waals surface area contributed by atoms with Crippen LogP contribution in [-0.4, -0.2) is 49.0 Å². The first-order valence-corrected chi connectivity index (χ1v) is 10.2. The number of likely N-dealkylation sites (N-methyl/N-ethyl adjacent to an activating group) is 1. The third kappa shape index (κ3) is 3.01. The zero-order valence-electron chi connectivity index (χ0n) is 17.4. The summed E-state index contributed by atoms with van der Waals surface area (Å²) in [6, 6.07) is 9.92. The topological polar surface area (TPSA) is 88.2 Å². The molecule has 3 amide bonds. The van der Waals surface area contributed by atoms with Crippen LogP contribution in [0.25, 0.3) is 0 Å². The molecule has 0 radical (unpaired) electrons. The molecule has 2 heterocycles. The number of fused-ring (bicyclic) bond motifs is 3. The van der Waals surface area contributed by atoms with Gasteiger partial charge in [-0.05, 0) is 25.1 Å². The van der Waals surface area contributed by atoms with E-state index in [0.717, 1.165) is 0 Å². The zero-order chi connectivity index (χ0) is 22.3. The van der Waals surface area contributed by atoms with E-state index in [2.05, 4.69) is 5.32 Å². The molecule has 1 atom stereocenters. The summed E-state index contributed by atoms with van der Waals surface area (Å²) in [4.78, 5) is 42.8. The highest BCUT2D eigenvalue weighted by Crippen LogP contribution is 2.45. The summed E-state index contributed by atoms with van der Waals surface area (Å²) in [6.45, 7) is 2.04. The normalized spacial score (nSPS) is 19.7. The van der Waals surface area contributed by atoms with Crippen molar-refractivity contribution in [2.45, 2.75) is 25.4 Å². The molecule has 0 aliphatic carbocycles. The third-order valence-electron chi connectivity index (χ3n) is 5.78. The van der Waals surface area contributed by atoms with E-state index in [9.17, 15) is 14.4 Å². The molecule has 0 spiro atoms. The second-order valence-electron chi connectivity index (χ2n) is 7.25. The number of nitrogens with one attached hydrogen (secondary N) is 1. The molecule has 8 nitrogen and oxygen atoms in total. The number of carbonyl (C=O) groups is 3. The molecular formula is C22H22ClN3O5. The average Bonchev–Trinajstić information content (AvgIpc) is 3.12. The van der Waals surface area contributed by atoms with Crippen LogP contribution in [0.3, 0.4) is 0 Å². The molecule has 1 fully saturated rings. The lowest BCUT2D eigenvalue weighted by atomic mass is 9.95. The molecule has 1 N–H and O–H groups in total. The summed E-state index contributed by atoms with van der Waals surface area (Å²) in [5, 5.41) is 3.12. The largest absolute Gasteiger partial charge is 0.495 e. The first-order chi connectivity index (χ1) is 14.9. The van der Waals surface area contributed by atoms with Crippen molar-refractivity contribution in [2.75, 3.05) is 31.0 Å². The summed E-state index contributed by atoms with van der Waals surface area (Å²) >= 11 is 6.25. The van der Waals surface area contributed by atoms with Gasteiger partial charge in [-0.3, -0.25) is 19.3 Å². The number of rotatable bonds is 5. The fourth-order valence-corrected chi connectivity index (χ4v) is 4.63. The Morgan fingerprint density at radius 3 is 2.55 bits per heavy atom. The van der Waals surface area contributed by atoms with E-state index in [4.69, 9.17) is 21.1 Å². The maximum atomic E-state index is 13.7. The molecule has 1 saturated heterocycles. The van der Waals surface area contributed by atoms with Crippen LogP contribution in [-0.2, 0) is 9.59 Å². The summed E-state index contributed by atoms with van der Waals surface area (Å²) in [7, 11) is 2.94. The minimum Gasteiger partial charge on any atom is -0.495 e. The van der Waals surface area contributed by atoms with Gasteiger partial charge in [0.2, 0.25) is 11.6 Å². The van der Waals surface area contributed by atoms with Gasteiger partial charge < -0.3 is 19.7 Å². The molecule has 2 aromatic rings. The van der Waals surface area contributed by atoms with Gasteiger partial charge >= 0.3 is 0 Å². The standard InChI is InChI=1S/C22H22ClN3O5/c1-4-25-20(28)13-7-5-6-8-16(13)26-19(27)9-10-22(25,26)21(29)24-15-11-14(23)17(30-2)12-18(15)31-3/h5-8,11-12H,4,9-10H2,1-3H3,(H,24,29). The van der Waals surface area contributed by atoms with E-state index in [1.807, 2.05) is 0 Å². The highest BCUT2D eigenvalue weighted by molar-refractivity contribution is 6.32. The Bertz CT molecular complexity index is 1090. The van der Waals surface area contributed by atoms with Crippen molar-refractivity contribution in [3.8, 4) is 11.5 Å². The molecule has 2 aromatic carbocycles. The fraction of sp³-hybridized carbons (Fsp3) is 0.318. The number of methoxy groups -OCH3 is 2. The van der Waals surface area contributed by atoms with Crippen LogP contribution in [0.5, 0.6) is 11.5 Å². The first kappa shape index (κ1) is 21.0. The number of carbonyl (C=O) groups excluding carboxylic acids is 3.